The molecule has 0 heterocycles. The molecule has 1 aliphatic rings. The van der Waals surface area contributed by atoms with Gasteiger partial charge in [-0.3, -0.25) is 0 Å². The Morgan fingerprint density at radius 1 is 1.32 bits per heavy atom. The number of rotatable bonds is 5. The van der Waals surface area contributed by atoms with E-state index in [-0.39, 0.29) is 11.4 Å². The summed E-state index contributed by atoms with van der Waals surface area (Å²) in [5, 5.41) is 3.45. The monoisotopic (exact) mass is 264 g/mol. The fourth-order valence-electron chi connectivity index (χ4n) is 2.35. The van der Waals surface area contributed by atoms with Crippen molar-refractivity contribution < 1.29 is 4.39 Å². The lowest BCUT2D eigenvalue weighted by atomic mass is 10.1. The van der Waals surface area contributed by atoms with Crippen LogP contribution in [0.1, 0.15) is 46.1 Å². The maximum Gasteiger partial charge on any atom is 0.123 e. The molecule has 0 aromatic heterocycles. The van der Waals surface area contributed by atoms with Crippen molar-refractivity contribution >= 4 is 5.69 Å². The number of hydrogen-bond acceptors (Lipinski definition) is 2. The Kier molecular flexibility index (Phi) is 4.14. The third-order valence-corrected chi connectivity index (χ3v) is 3.49. The smallest absolute Gasteiger partial charge is 0.123 e. The number of anilines is 1. The molecule has 0 unspecified atom stereocenters. The van der Waals surface area contributed by atoms with E-state index in [1.165, 1.54) is 18.5 Å². The lowest BCUT2D eigenvalue weighted by Gasteiger charge is -2.27. The summed E-state index contributed by atoms with van der Waals surface area (Å²) in [4.78, 5) is 2.40. The zero-order valence-corrected chi connectivity index (χ0v) is 12.5. The van der Waals surface area contributed by atoms with E-state index in [1.807, 2.05) is 6.07 Å². The number of nitrogens with zero attached hydrogens (tertiary/aromatic N) is 1. The van der Waals surface area contributed by atoms with Crippen LogP contribution in [0.4, 0.5) is 10.1 Å². The molecule has 0 saturated heterocycles. The Morgan fingerprint density at radius 3 is 2.53 bits per heavy atom. The quantitative estimate of drug-likeness (QED) is 0.872. The molecular formula is C16H25FN2. The minimum absolute atomic E-state index is 0.0419. The maximum atomic E-state index is 13.5. The highest BCUT2D eigenvalue weighted by Gasteiger charge is 2.29. The van der Waals surface area contributed by atoms with Crippen molar-refractivity contribution in [2.75, 3.05) is 11.4 Å². The summed E-state index contributed by atoms with van der Waals surface area (Å²) < 4.78 is 13.5. The Bertz CT molecular complexity index is 433. The molecule has 1 N–H and O–H groups in total. The first kappa shape index (κ1) is 14.3. The molecular weight excluding hydrogens is 239 g/mol. The minimum atomic E-state index is -0.152. The molecule has 2 rings (SSSR count). The van der Waals surface area contributed by atoms with Gasteiger partial charge in [0.1, 0.15) is 5.82 Å². The Labute approximate surface area is 116 Å². The van der Waals surface area contributed by atoms with Gasteiger partial charge in [0.15, 0.2) is 0 Å². The zero-order chi connectivity index (χ0) is 14.0. The SMILES string of the molecule is CCN(c1ccc(F)cc1CNC(C)(C)C)C1CC1. The lowest BCUT2D eigenvalue weighted by molar-refractivity contribution is 0.423. The third kappa shape index (κ3) is 3.93. The number of hydrogen-bond donors (Lipinski definition) is 1. The molecule has 3 heteroatoms. The Hall–Kier alpha value is -1.09. The molecule has 1 fully saturated rings. The first-order chi connectivity index (χ1) is 8.90. The van der Waals surface area contributed by atoms with Crippen LogP contribution in [0.5, 0.6) is 0 Å². The van der Waals surface area contributed by atoms with Crippen LogP contribution in [0.15, 0.2) is 18.2 Å². The van der Waals surface area contributed by atoms with Crippen molar-refractivity contribution in [1.82, 2.24) is 5.32 Å². The number of halogens is 1. The molecule has 0 atom stereocenters. The van der Waals surface area contributed by atoms with Gasteiger partial charge in [0.2, 0.25) is 0 Å². The summed E-state index contributed by atoms with van der Waals surface area (Å²) in [5.74, 6) is -0.152. The lowest BCUT2D eigenvalue weighted by Crippen LogP contribution is -2.36. The molecule has 0 spiro atoms. The van der Waals surface area contributed by atoms with Gasteiger partial charge in [-0.1, -0.05) is 0 Å². The van der Waals surface area contributed by atoms with Gasteiger partial charge in [0, 0.05) is 30.4 Å². The largest absolute Gasteiger partial charge is 0.369 e. The fraction of sp³-hybridized carbons (Fsp3) is 0.625. The van der Waals surface area contributed by atoms with Gasteiger partial charge in [-0.2, -0.15) is 0 Å². The summed E-state index contributed by atoms with van der Waals surface area (Å²) >= 11 is 0. The van der Waals surface area contributed by atoms with Gasteiger partial charge in [0.05, 0.1) is 0 Å². The van der Waals surface area contributed by atoms with Gasteiger partial charge in [-0.15, -0.1) is 0 Å². The molecule has 1 aromatic rings. The van der Waals surface area contributed by atoms with Crippen molar-refractivity contribution in [3.63, 3.8) is 0 Å². The highest BCUT2D eigenvalue weighted by Crippen LogP contribution is 2.33. The first-order valence-electron chi connectivity index (χ1n) is 7.21. The van der Waals surface area contributed by atoms with E-state index in [1.54, 1.807) is 12.1 Å². The maximum absolute atomic E-state index is 13.5. The summed E-state index contributed by atoms with van der Waals surface area (Å²) in [6.45, 7) is 10.3. The van der Waals surface area contributed by atoms with Crippen LogP contribution in [0.25, 0.3) is 0 Å². The third-order valence-electron chi connectivity index (χ3n) is 3.49. The zero-order valence-electron chi connectivity index (χ0n) is 12.5. The molecule has 1 aliphatic carbocycles. The van der Waals surface area contributed by atoms with Gasteiger partial charge >= 0.3 is 0 Å². The predicted molar refractivity (Wildman–Crippen MR) is 79.0 cm³/mol. The van der Waals surface area contributed by atoms with E-state index < -0.39 is 0 Å². The second kappa shape index (κ2) is 5.49. The van der Waals surface area contributed by atoms with Crippen LogP contribution in [0.3, 0.4) is 0 Å². The van der Waals surface area contributed by atoms with Crippen LogP contribution >= 0.6 is 0 Å². The Morgan fingerprint density at radius 2 is 2.00 bits per heavy atom. The summed E-state index contributed by atoms with van der Waals surface area (Å²) in [5.41, 5.74) is 2.28. The molecule has 0 aliphatic heterocycles. The van der Waals surface area contributed by atoms with E-state index in [2.05, 4.69) is 37.9 Å². The second-order valence-electron chi connectivity index (χ2n) is 6.39. The summed E-state index contributed by atoms with van der Waals surface area (Å²) in [7, 11) is 0. The van der Waals surface area contributed by atoms with Gasteiger partial charge < -0.3 is 10.2 Å². The highest BCUT2D eigenvalue weighted by atomic mass is 19.1. The van der Waals surface area contributed by atoms with Gasteiger partial charge in [0.25, 0.3) is 0 Å². The van der Waals surface area contributed by atoms with Crippen molar-refractivity contribution in [2.45, 2.75) is 58.7 Å². The van der Waals surface area contributed by atoms with E-state index in [0.29, 0.717) is 12.6 Å². The van der Waals surface area contributed by atoms with E-state index >= 15 is 0 Å². The molecule has 0 bridgehead atoms. The van der Waals surface area contributed by atoms with E-state index in [4.69, 9.17) is 0 Å². The van der Waals surface area contributed by atoms with Crippen molar-refractivity contribution in [1.29, 1.82) is 0 Å². The predicted octanol–water partition coefficient (Wildman–Crippen LogP) is 3.70. The molecule has 0 radical (unpaired) electrons. The standard InChI is InChI=1S/C16H25FN2/c1-5-19(14-7-8-14)15-9-6-13(17)10-12(15)11-18-16(2,3)4/h6,9-10,14,18H,5,7-8,11H2,1-4H3. The van der Waals surface area contributed by atoms with Crippen molar-refractivity contribution in [3.05, 3.63) is 29.6 Å². The number of nitrogens with one attached hydrogen (secondary N) is 1. The highest BCUT2D eigenvalue weighted by molar-refractivity contribution is 5.55. The average Bonchev–Trinajstić information content (AvgIpc) is 3.13. The van der Waals surface area contributed by atoms with Gasteiger partial charge in [-0.05, 0) is 64.3 Å². The van der Waals surface area contributed by atoms with Gasteiger partial charge in [-0.25, -0.2) is 4.39 Å². The van der Waals surface area contributed by atoms with Crippen molar-refractivity contribution in [3.8, 4) is 0 Å². The normalized spacial score (nSPS) is 15.6. The average molecular weight is 264 g/mol. The van der Waals surface area contributed by atoms with E-state index in [0.717, 1.165) is 12.1 Å². The van der Waals surface area contributed by atoms with E-state index in [9.17, 15) is 4.39 Å². The molecule has 0 amide bonds. The van der Waals surface area contributed by atoms with Crippen LogP contribution in [0.2, 0.25) is 0 Å². The minimum Gasteiger partial charge on any atom is -0.369 e. The second-order valence-corrected chi connectivity index (χ2v) is 6.39. The van der Waals surface area contributed by atoms with Crippen molar-refractivity contribution in [2.24, 2.45) is 0 Å². The molecule has 2 nitrogen and oxygen atoms in total. The van der Waals surface area contributed by atoms with Crippen LogP contribution in [-0.2, 0) is 6.54 Å². The summed E-state index contributed by atoms with van der Waals surface area (Å²) in [6, 6.07) is 5.82. The van der Waals surface area contributed by atoms with Crippen LogP contribution in [-0.4, -0.2) is 18.1 Å². The fourth-order valence-corrected chi connectivity index (χ4v) is 2.35. The van der Waals surface area contributed by atoms with Crippen LogP contribution in [0, 0.1) is 5.82 Å². The molecule has 19 heavy (non-hydrogen) atoms. The number of benzene rings is 1. The molecule has 106 valence electrons. The Balaban J connectivity index is 2.21. The molecule has 1 aromatic carbocycles. The summed E-state index contributed by atoms with van der Waals surface area (Å²) in [6.07, 6.45) is 2.52. The molecule has 1 saturated carbocycles. The first-order valence-corrected chi connectivity index (χ1v) is 7.21. The van der Waals surface area contributed by atoms with Crippen LogP contribution < -0.4 is 10.2 Å². The topological polar surface area (TPSA) is 15.3 Å².